The smallest absolute Gasteiger partial charge is 0.114 e. The number of pyridine rings is 2. The van der Waals surface area contributed by atoms with Gasteiger partial charge in [-0.15, -0.1) is 0 Å². The van der Waals surface area contributed by atoms with Crippen molar-refractivity contribution in [2.75, 3.05) is 0 Å². The lowest BCUT2D eigenvalue weighted by molar-refractivity contribution is 0.800. The summed E-state index contributed by atoms with van der Waals surface area (Å²) in [6.07, 6.45) is 5.81. The Morgan fingerprint density at radius 2 is 0.875 bits per heavy atom. The summed E-state index contributed by atoms with van der Waals surface area (Å²) in [5.74, 6) is 2.10. The van der Waals surface area contributed by atoms with Gasteiger partial charge in [-0.1, -0.05) is 72.8 Å². The van der Waals surface area contributed by atoms with Crippen LogP contribution >= 0.6 is 0 Å². The summed E-state index contributed by atoms with van der Waals surface area (Å²) in [5.41, 5.74) is 6.59. The molecule has 0 spiro atoms. The summed E-state index contributed by atoms with van der Waals surface area (Å²) in [6.45, 7) is 0. The molecule has 0 bridgehead atoms. The number of nitrogens with zero attached hydrogens (tertiary/aromatic N) is 4. The minimum Gasteiger partial charge on any atom is -0.303 e. The first kappa shape index (κ1) is 18.6. The molecule has 0 aliphatic rings. The third-order valence-electron chi connectivity index (χ3n) is 5.91. The van der Waals surface area contributed by atoms with Gasteiger partial charge in [-0.25, -0.2) is 9.97 Å². The first-order valence-electron chi connectivity index (χ1n) is 10.9. The Bertz CT molecular complexity index is 1390. The lowest BCUT2D eigenvalue weighted by Crippen LogP contribution is -2.01. The van der Waals surface area contributed by atoms with Gasteiger partial charge in [0.1, 0.15) is 11.6 Å². The number of rotatable bonds is 5. The Kier molecular flexibility index (Phi) is 4.54. The number of aromatic nitrogens is 4. The maximum atomic E-state index is 5.05. The number of aryl methyl sites for hydroxylation is 2. The van der Waals surface area contributed by atoms with E-state index in [9.17, 15) is 0 Å². The molecule has 2 aromatic carbocycles. The van der Waals surface area contributed by atoms with E-state index < -0.39 is 0 Å². The maximum Gasteiger partial charge on any atom is 0.114 e. The van der Waals surface area contributed by atoms with Crippen molar-refractivity contribution in [3.8, 4) is 22.5 Å². The van der Waals surface area contributed by atoms with Gasteiger partial charge in [-0.2, -0.15) is 0 Å². The summed E-state index contributed by atoms with van der Waals surface area (Å²) < 4.78 is 4.41. The second-order valence-electron chi connectivity index (χ2n) is 7.90. The zero-order valence-corrected chi connectivity index (χ0v) is 17.6. The first-order chi connectivity index (χ1) is 15.9. The van der Waals surface area contributed by atoms with Crippen molar-refractivity contribution >= 4 is 11.0 Å². The van der Waals surface area contributed by atoms with E-state index in [1.165, 1.54) is 0 Å². The molecule has 32 heavy (non-hydrogen) atoms. The molecule has 0 N–H and O–H groups in total. The monoisotopic (exact) mass is 414 g/mol. The number of hydrogen-bond donors (Lipinski definition) is 0. The van der Waals surface area contributed by atoms with Crippen LogP contribution in [0.5, 0.6) is 0 Å². The molecule has 0 fully saturated rings. The van der Waals surface area contributed by atoms with Gasteiger partial charge in [0.15, 0.2) is 0 Å². The van der Waals surface area contributed by atoms with Crippen molar-refractivity contribution in [3.63, 3.8) is 0 Å². The number of imidazole rings is 2. The predicted molar refractivity (Wildman–Crippen MR) is 129 cm³/mol. The fourth-order valence-corrected chi connectivity index (χ4v) is 4.40. The molecule has 4 heterocycles. The summed E-state index contributed by atoms with van der Waals surface area (Å²) >= 11 is 0. The number of hydrogen-bond acceptors (Lipinski definition) is 2. The summed E-state index contributed by atoms with van der Waals surface area (Å²) in [4.78, 5) is 10.1. The third-order valence-corrected chi connectivity index (χ3v) is 5.91. The number of benzene rings is 2. The standard InChI is InChI=1S/C28H22N4/c1-3-11-21(12-4-1)27-23-15-7-9-19-31(23)25(29-27)17-18-26-30-28(22-13-5-2-6-14-22)24-16-8-10-20-32(24)26/h1-16,19-20H,17-18H2. The fraction of sp³-hybridized carbons (Fsp3) is 0.0714. The lowest BCUT2D eigenvalue weighted by Gasteiger charge is -2.02. The third kappa shape index (κ3) is 3.17. The second-order valence-corrected chi connectivity index (χ2v) is 7.90. The average Bonchev–Trinajstić information content (AvgIpc) is 3.43. The highest BCUT2D eigenvalue weighted by molar-refractivity contribution is 5.78. The molecule has 4 heteroatoms. The average molecular weight is 415 g/mol. The fourth-order valence-electron chi connectivity index (χ4n) is 4.40. The molecular weight excluding hydrogens is 392 g/mol. The van der Waals surface area contributed by atoms with E-state index in [0.717, 1.165) is 58.0 Å². The second kappa shape index (κ2) is 7.82. The van der Waals surface area contributed by atoms with Gasteiger partial charge in [0.25, 0.3) is 0 Å². The van der Waals surface area contributed by atoms with Crippen LogP contribution in [0.4, 0.5) is 0 Å². The zero-order chi connectivity index (χ0) is 21.3. The van der Waals surface area contributed by atoms with Crippen molar-refractivity contribution in [2.45, 2.75) is 12.8 Å². The van der Waals surface area contributed by atoms with Crippen LogP contribution in [0, 0.1) is 0 Å². The van der Waals surface area contributed by atoms with Crippen molar-refractivity contribution in [1.82, 2.24) is 18.8 Å². The molecule has 0 amide bonds. The quantitative estimate of drug-likeness (QED) is 0.342. The van der Waals surface area contributed by atoms with E-state index in [-0.39, 0.29) is 0 Å². The Morgan fingerprint density at radius 1 is 0.469 bits per heavy atom. The van der Waals surface area contributed by atoms with Crippen LogP contribution in [0.1, 0.15) is 11.6 Å². The topological polar surface area (TPSA) is 34.6 Å². The van der Waals surface area contributed by atoms with E-state index in [2.05, 4.69) is 106 Å². The van der Waals surface area contributed by atoms with E-state index >= 15 is 0 Å². The normalized spacial score (nSPS) is 11.4. The molecule has 0 aliphatic heterocycles. The molecule has 6 aromatic rings. The summed E-state index contributed by atoms with van der Waals surface area (Å²) in [6, 6.07) is 33.3. The van der Waals surface area contributed by atoms with Crippen LogP contribution in [0.2, 0.25) is 0 Å². The molecule has 6 rings (SSSR count). The highest BCUT2D eigenvalue weighted by atomic mass is 15.0. The maximum absolute atomic E-state index is 5.05. The molecule has 0 saturated heterocycles. The van der Waals surface area contributed by atoms with E-state index in [1.807, 2.05) is 12.1 Å². The highest BCUT2D eigenvalue weighted by Gasteiger charge is 2.15. The van der Waals surface area contributed by atoms with Crippen molar-refractivity contribution in [3.05, 3.63) is 121 Å². The summed E-state index contributed by atoms with van der Waals surface area (Å²) in [5, 5.41) is 0. The minimum atomic E-state index is 0.806. The predicted octanol–water partition coefficient (Wildman–Crippen LogP) is 6.10. The lowest BCUT2D eigenvalue weighted by atomic mass is 10.1. The van der Waals surface area contributed by atoms with Crippen molar-refractivity contribution < 1.29 is 0 Å². The Hall–Kier alpha value is -4.18. The van der Waals surface area contributed by atoms with Gasteiger partial charge >= 0.3 is 0 Å². The van der Waals surface area contributed by atoms with Gasteiger partial charge in [-0.05, 0) is 24.3 Å². The SMILES string of the molecule is c1ccc(-c2nc(CCc3nc(-c4ccccc4)c4ccccn34)n3ccccc23)cc1. The molecule has 154 valence electrons. The van der Waals surface area contributed by atoms with Crippen LogP contribution in [0.15, 0.2) is 109 Å². The van der Waals surface area contributed by atoms with Crippen molar-refractivity contribution in [2.24, 2.45) is 0 Å². The van der Waals surface area contributed by atoms with E-state index in [4.69, 9.17) is 9.97 Å². The highest BCUT2D eigenvalue weighted by Crippen LogP contribution is 2.27. The minimum absolute atomic E-state index is 0.806. The van der Waals surface area contributed by atoms with Crippen LogP contribution < -0.4 is 0 Å². The molecule has 0 radical (unpaired) electrons. The molecular formula is C28H22N4. The first-order valence-corrected chi connectivity index (χ1v) is 10.9. The van der Waals surface area contributed by atoms with Crippen LogP contribution in [0.3, 0.4) is 0 Å². The molecule has 0 aliphatic carbocycles. The molecule has 0 unspecified atom stereocenters. The van der Waals surface area contributed by atoms with Crippen LogP contribution in [0.25, 0.3) is 33.5 Å². The van der Waals surface area contributed by atoms with Crippen LogP contribution in [-0.4, -0.2) is 18.8 Å². The van der Waals surface area contributed by atoms with Gasteiger partial charge in [0, 0.05) is 36.4 Å². The zero-order valence-electron chi connectivity index (χ0n) is 17.6. The Balaban J connectivity index is 1.39. The largest absolute Gasteiger partial charge is 0.303 e. The molecule has 4 nitrogen and oxygen atoms in total. The Labute approximate surface area is 186 Å². The van der Waals surface area contributed by atoms with Crippen LogP contribution in [-0.2, 0) is 12.8 Å². The number of fused-ring (bicyclic) bond motifs is 2. The molecule has 4 aromatic heterocycles. The van der Waals surface area contributed by atoms with E-state index in [1.54, 1.807) is 0 Å². The van der Waals surface area contributed by atoms with Gasteiger partial charge < -0.3 is 8.80 Å². The van der Waals surface area contributed by atoms with Crippen molar-refractivity contribution in [1.29, 1.82) is 0 Å². The van der Waals surface area contributed by atoms with Gasteiger partial charge in [-0.3, -0.25) is 0 Å². The molecule has 0 atom stereocenters. The Morgan fingerprint density at radius 3 is 1.31 bits per heavy atom. The van der Waals surface area contributed by atoms with Gasteiger partial charge in [0.05, 0.1) is 22.4 Å². The van der Waals surface area contributed by atoms with E-state index in [0.29, 0.717) is 0 Å². The van der Waals surface area contributed by atoms with Gasteiger partial charge in [0.2, 0.25) is 0 Å². The summed E-state index contributed by atoms with van der Waals surface area (Å²) in [7, 11) is 0. The molecule has 0 saturated carbocycles.